The van der Waals surface area contributed by atoms with E-state index in [1.54, 1.807) is 20.2 Å². The standard InChI is InChI=1S/C12H17N3O4/c1-14(2)12(16)8-13-7-9-6-10(15(17)18)4-5-11(9)19-3/h4-6,13H,7-8H2,1-3H3. The fourth-order valence-corrected chi connectivity index (χ4v) is 1.48. The first kappa shape index (κ1) is 14.9. The molecule has 0 fully saturated rings. The van der Waals surface area contributed by atoms with Crippen LogP contribution in [0, 0.1) is 10.1 Å². The summed E-state index contributed by atoms with van der Waals surface area (Å²) < 4.78 is 5.13. The number of non-ortho nitro benzene ring substituents is 1. The Labute approximate surface area is 111 Å². The SMILES string of the molecule is COc1ccc([N+](=O)[O-])cc1CNCC(=O)N(C)C. The van der Waals surface area contributed by atoms with Crippen LogP contribution in [0.4, 0.5) is 5.69 Å². The normalized spacial score (nSPS) is 10.1. The summed E-state index contributed by atoms with van der Waals surface area (Å²) in [5.41, 5.74) is 0.639. The van der Waals surface area contributed by atoms with E-state index in [1.165, 1.54) is 24.1 Å². The number of carbonyl (C=O) groups excluding carboxylic acids is 1. The topological polar surface area (TPSA) is 84.7 Å². The van der Waals surface area contributed by atoms with Gasteiger partial charge in [-0.2, -0.15) is 0 Å². The smallest absolute Gasteiger partial charge is 0.270 e. The second kappa shape index (κ2) is 6.69. The lowest BCUT2D eigenvalue weighted by Gasteiger charge is -2.12. The molecule has 104 valence electrons. The zero-order chi connectivity index (χ0) is 14.4. The van der Waals surface area contributed by atoms with E-state index in [0.717, 1.165) is 0 Å². The zero-order valence-corrected chi connectivity index (χ0v) is 11.2. The third-order valence-electron chi connectivity index (χ3n) is 2.57. The van der Waals surface area contributed by atoms with Gasteiger partial charge in [-0.25, -0.2) is 0 Å². The van der Waals surface area contributed by atoms with Gasteiger partial charge in [-0.3, -0.25) is 14.9 Å². The van der Waals surface area contributed by atoms with Crippen molar-refractivity contribution in [2.45, 2.75) is 6.54 Å². The Morgan fingerprint density at radius 2 is 2.16 bits per heavy atom. The number of nitro benzene ring substituents is 1. The van der Waals surface area contributed by atoms with Crippen molar-refractivity contribution >= 4 is 11.6 Å². The molecule has 0 aromatic heterocycles. The van der Waals surface area contributed by atoms with Gasteiger partial charge in [-0.05, 0) is 6.07 Å². The van der Waals surface area contributed by atoms with Crippen molar-refractivity contribution in [3.63, 3.8) is 0 Å². The van der Waals surface area contributed by atoms with Gasteiger partial charge in [0.2, 0.25) is 5.91 Å². The molecular weight excluding hydrogens is 250 g/mol. The number of hydrogen-bond donors (Lipinski definition) is 1. The fourth-order valence-electron chi connectivity index (χ4n) is 1.48. The molecule has 0 aliphatic carbocycles. The number of likely N-dealkylation sites (N-methyl/N-ethyl adjacent to an activating group) is 1. The Balaban J connectivity index is 2.73. The summed E-state index contributed by atoms with van der Waals surface area (Å²) in [6.45, 7) is 0.489. The predicted molar refractivity (Wildman–Crippen MR) is 70.0 cm³/mol. The van der Waals surface area contributed by atoms with Crippen LogP contribution in [-0.4, -0.2) is 43.5 Å². The van der Waals surface area contributed by atoms with E-state index in [4.69, 9.17) is 4.74 Å². The van der Waals surface area contributed by atoms with Crippen molar-refractivity contribution in [2.75, 3.05) is 27.7 Å². The minimum absolute atomic E-state index is 0.00321. The molecule has 1 aromatic rings. The van der Waals surface area contributed by atoms with Crippen LogP contribution in [0.5, 0.6) is 5.75 Å². The number of hydrogen-bond acceptors (Lipinski definition) is 5. The van der Waals surface area contributed by atoms with Crippen molar-refractivity contribution in [2.24, 2.45) is 0 Å². The number of benzene rings is 1. The minimum Gasteiger partial charge on any atom is -0.496 e. The molecule has 1 rings (SSSR count). The Hall–Kier alpha value is -2.15. The maximum absolute atomic E-state index is 11.4. The van der Waals surface area contributed by atoms with Crippen molar-refractivity contribution in [3.05, 3.63) is 33.9 Å². The van der Waals surface area contributed by atoms with Crippen LogP contribution < -0.4 is 10.1 Å². The quantitative estimate of drug-likeness (QED) is 0.608. The molecule has 19 heavy (non-hydrogen) atoms. The summed E-state index contributed by atoms with van der Waals surface area (Å²) in [7, 11) is 4.82. The van der Waals surface area contributed by atoms with Crippen LogP contribution >= 0.6 is 0 Å². The first-order valence-corrected chi connectivity index (χ1v) is 5.68. The molecule has 0 radical (unpaired) electrons. The van der Waals surface area contributed by atoms with Crippen LogP contribution in [0.2, 0.25) is 0 Å². The van der Waals surface area contributed by atoms with E-state index in [2.05, 4.69) is 5.32 Å². The van der Waals surface area contributed by atoms with Gasteiger partial charge < -0.3 is 15.0 Å². The first-order valence-electron chi connectivity index (χ1n) is 5.68. The van der Waals surface area contributed by atoms with Gasteiger partial charge >= 0.3 is 0 Å². The summed E-state index contributed by atoms with van der Waals surface area (Å²) in [5.74, 6) is 0.486. The monoisotopic (exact) mass is 267 g/mol. The van der Waals surface area contributed by atoms with Crippen LogP contribution in [0.1, 0.15) is 5.56 Å². The van der Waals surface area contributed by atoms with Crippen molar-refractivity contribution in [1.29, 1.82) is 0 Å². The molecule has 7 nitrogen and oxygen atoms in total. The van der Waals surface area contributed by atoms with Crippen LogP contribution in [-0.2, 0) is 11.3 Å². The van der Waals surface area contributed by atoms with Crippen molar-refractivity contribution in [3.8, 4) is 5.75 Å². The Morgan fingerprint density at radius 1 is 1.47 bits per heavy atom. The van der Waals surface area contributed by atoms with Crippen molar-refractivity contribution < 1.29 is 14.5 Å². The highest BCUT2D eigenvalue weighted by Gasteiger charge is 2.11. The molecule has 1 aromatic carbocycles. The molecule has 0 aliphatic heterocycles. The molecule has 0 bridgehead atoms. The molecule has 7 heteroatoms. The molecule has 0 saturated heterocycles. The maximum atomic E-state index is 11.4. The molecule has 1 amide bonds. The summed E-state index contributed by atoms with van der Waals surface area (Å²) in [5, 5.41) is 13.6. The highest BCUT2D eigenvalue weighted by molar-refractivity contribution is 5.77. The van der Waals surface area contributed by atoms with E-state index < -0.39 is 4.92 Å². The minimum atomic E-state index is -0.464. The van der Waals surface area contributed by atoms with Gasteiger partial charge in [0.05, 0.1) is 18.6 Å². The van der Waals surface area contributed by atoms with E-state index in [0.29, 0.717) is 17.9 Å². The Bertz CT molecular complexity index is 474. The first-order chi connectivity index (χ1) is 8.95. The number of amides is 1. The zero-order valence-electron chi connectivity index (χ0n) is 11.2. The second-order valence-electron chi connectivity index (χ2n) is 4.14. The number of rotatable bonds is 6. The van der Waals surface area contributed by atoms with Gasteiger partial charge in [0.25, 0.3) is 5.69 Å². The second-order valence-corrected chi connectivity index (χ2v) is 4.14. The Kier molecular flexibility index (Phi) is 5.25. The van der Waals surface area contributed by atoms with E-state index in [-0.39, 0.29) is 18.1 Å². The average molecular weight is 267 g/mol. The largest absolute Gasteiger partial charge is 0.496 e. The molecule has 0 saturated carbocycles. The van der Waals surface area contributed by atoms with Crippen LogP contribution in [0.15, 0.2) is 18.2 Å². The lowest BCUT2D eigenvalue weighted by atomic mass is 10.1. The third-order valence-corrected chi connectivity index (χ3v) is 2.57. The van der Waals surface area contributed by atoms with Crippen molar-refractivity contribution in [1.82, 2.24) is 10.2 Å². The third kappa shape index (κ3) is 4.22. The number of methoxy groups -OCH3 is 1. The highest BCUT2D eigenvalue weighted by atomic mass is 16.6. The molecule has 0 unspecified atom stereocenters. The van der Waals surface area contributed by atoms with Gasteiger partial charge in [0.1, 0.15) is 5.75 Å². The highest BCUT2D eigenvalue weighted by Crippen LogP contribution is 2.23. The van der Waals surface area contributed by atoms with E-state index in [1.807, 2.05) is 0 Å². The number of ether oxygens (including phenoxy) is 1. The van der Waals surface area contributed by atoms with Gasteiger partial charge in [0.15, 0.2) is 0 Å². The average Bonchev–Trinajstić information content (AvgIpc) is 2.38. The van der Waals surface area contributed by atoms with Gasteiger partial charge in [-0.1, -0.05) is 0 Å². The van der Waals surface area contributed by atoms with E-state index >= 15 is 0 Å². The molecular formula is C12H17N3O4. The van der Waals surface area contributed by atoms with Gasteiger partial charge in [-0.15, -0.1) is 0 Å². The summed E-state index contributed by atoms with van der Waals surface area (Å²) in [4.78, 5) is 23.1. The number of carbonyl (C=O) groups is 1. The summed E-state index contributed by atoms with van der Waals surface area (Å²) in [6, 6.07) is 4.36. The summed E-state index contributed by atoms with van der Waals surface area (Å²) >= 11 is 0. The Morgan fingerprint density at radius 3 is 2.68 bits per heavy atom. The molecule has 1 N–H and O–H groups in total. The molecule has 0 aliphatic rings. The molecule has 0 spiro atoms. The molecule has 0 heterocycles. The lowest BCUT2D eigenvalue weighted by Crippen LogP contribution is -2.32. The van der Waals surface area contributed by atoms with Crippen LogP contribution in [0.25, 0.3) is 0 Å². The summed E-state index contributed by atoms with van der Waals surface area (Å²) in [6.07, 6.45) is 0. The van der Waals surface area contributed by atoms with Crippen LogP contribution in [0.3, 0.4) is 0 Å². The number of nitrogens with one attached hydrogen (secondary N) is 1. The fraction of sp³-hybridized carbons (Fsp3) is 0.417. The van der Waals surface area contributed by atoms with Gasteiger partial charge in [0, 0.05) is 38.3 Å². The predicted octanol–water partition coefficient (Wildman–Crippen LogP) is 0.781. The maximum Gasteiger partial charge on any atom is 0.270 e. The number of nitrogens with zero attached hydrogens (tertiary/aromatic N) is 2. The molecule has 0 atom stereocenters. The van der Waals surface area contributed by atoms with E-state index in [9.17, 15) is 14.9 Å². The number of nitro groups is 1. The lowest BCUT2D eigenvalue weighted by molar-refractivity contribution is -0.384.